The number of unbranched alkanes of at least 4 members (excludes halogenated alkanes) is 1. The molecule has 0 atom stereocenters. The van der Waals surface area contributed by atoms with Gasteiger partial charge in [0.05, 0.1) is 6.42 Å². The first-order valence-corrected chi connectivity index (χ1v) is 11.4. The van der Waals surface area contributed by atoms with E-state index in [1.54, 1.807) is 0 Å². The van der Waals surface area contributed by atoms with Gasteiger partial charge in [-0.3, -0.25) is 4.79 Å². The zero-order valence-corrected chi connectivity index (χ0v) is 18.0. The van der Waals surface area contributed by atoms with Crippen LogP contribution in [-0.2, 0) is 17.6 Å². The molecule has 5 rings (SSSR count). The van der Waals surface area contributed by atoms with Gasteiger partial charge in [0.2, 0.25) is 0 Å². The van der Waals surface area contributed by atoms with Crippen LogP contribution in [0.5, 0.6) is 0 Å². The number of nitrogens with one attached hydrogen (secondary N) is 1. The fourth-order valence-electron chi connectivity index (χ4n) is 4.41. The summed E-state index contributed by atoms with van der Waals surface area (Å²) in [6, 6.07) is 21.1. The fraction of sp³-hybridized carbons (Fsp3) is 0.192. The Morgan fingerprint density at radius 3 is 2.61 bits per heavy atom. The zero-order chi connectivity index (χ0) is 21.4. The molecule has 0 saturated carbocycles. The van der Waals surface area contributed by atoms with Crippen LogP contribution in [0.4, 0.5) is 0 Å². The van der Waals surface area contributed by atoms with Crippen molar-refractivity contribution in [2.24, 2.45) is 5.73 Å². The summed E-state index contributed by atoms with van der Waals surface area (Å²) in [5, 5.41) is 12.9. The van der Waals surface area contributed by atoms with Crippen molar-refractivity contribution in [3.63, 3.8) is 0 Å². The normalized spacial score (nSPS) is 11.6. The molecule has 5 heteroatoms. The Labute approximate surface area is 184 Å². The quantitative estimate of drug-likeness (QED) is 0.274. The number of aryl methyl sites for hydroxylation is 1. The number of carboxylic acids is 1. The van der Waals surface area contributed by atoms with Crippen molar-refractivity contribution in [1.29, 1.82) is 0 Å². The number of H-pyrrole nitrogens is 1. The molecule has 31 heavy (non-hydrogen) atoms. The maximum absolute atomic E-state index is 11.2. The van der Waals surface area contributed by atoms with E-state index in [0.29, 0.717) is 6.54 Å². The number of aliphatic carboxylic acids is 1. The lowest BCUT2D eigenvalue weighted by Gasteiger charge is -2.06. The topological polar surface area (TPSA) is 79.1 Å². The lowest BCUT2D eigenvalue weighted by molar-refractivity contribution is -0.136. The number of aromatic nitrogens is 1. The van der Waals surface area contributed by atoms with Crippen molar-refractivity contribution in [1.82, 2.24) is 4.98 Å². The van der Waals surface area contributed by atoms with Crippen molar-refractivity contribution in [2.75, 3.05) is 6.54 Å². The van der Waals surface area contributed by atoms with E-state index in [-0.39, 0.29) is 6.42 Å². The largest absolute Gasteiger partial charge is 0.481 e. The number of rotatable bonds is 7. The summed E-state index contributed by atoms with van der Waals surface area (Å²) in [6.07, 6.45) is 2.91. The van der Waals surface area contributed by atoms with Gasteiger partial charge in [0, 0.05) is 36.8 Å². The van der Waals surface area contributed by atoms with Crippen LogP contribution in [0.1, 0.15) is 24.0 Å². The number of thiophene rings is 1. The van der Waals surface area contributed by atoms with E-state index in [4.69, 9.17) is 5.73 Å². The molecule has 4 N–H and O–H groups in total. The van der Waals surface area contributed by atoms with Crippen LogP contribution >= 0.6 is 11.3 Å². The van der Waals surface area contributed by atoms with Crippen LogP contribution in [0.3, 0.4) is 0 Å². The van der Waals surface area contributed by atoms with Gasteiger partial charge in [-0.2, -0.15) is 0 Å². The molecule has 3 aromatic carbocycles. The molecule has 5 aromatic rings. The minimum atomic E-state index is -0.811. The molecule has 4 nitrogen and oxygen atoms in total. The first-order valence-electron chi connectivity index (χ1n) is 10.6. The average molecular weight is 429 g/mol. The Morgan fingerprint density at radius 2 is 1.77 bits per heavy atom. The summed E-state index contributed by atoms with van der Waals surface area (Å²) < 4.78 is 2.59. The highest BCUT2D eigenvalue weighted by Gasteiger charge is 2.16. The van der Waals surface area contributed by atoms with Crippen molar-refractivity contribution in [2.45, 2.75) is 25.7 Å². The number of carboxylic acid groups (broad SMARTS) is 1. The van der Waals surface area contributed by atoms with Gasteiger partial charge < -0.3 is 15.8 Å². The molecule has 0 aliphatic carbocycles. The molecule has 0 spiro atoms. The highest BCUT2D eigenvalue weighted by Crippen LogP contribution is 2.38. The molecule has 0 aliphatic rings. The van der Waals surface area contributed by atoms with Crippen molar-refractivity contribution in [3.05, 3.63) is 71.8 Å². The van der Waals surface area contributed by atoms with E-state index >= 15 is 0 Å². The first-order chi connectivity index (χ1) is 15.1. The molecule has 0 unspecified atom stereocenters. The molecule has 2 aromatic heterocycles. The monoisotopic (exact) mass is 428 g/mol. The predicted octanol–water partition coefficient (Wildman–Crippen LogP) is 6.11. The SMILES string of the molecule is NCCCCc1c(-c2ccc3sc4ccccc4c3c2)[nH]c2ccc(CC(=O)O)cc12. The van der Waals surface area contributed by atoms with Crippen LogP contribution in [0.15, 0.2) is 60.7 Å². The summed E-state index contributed by atoms with van der Waals surface area (Å²) >= 11 is 1.82. The Kier molecular flexibility index (Phi) is 5.22. The van der Waals surface area contributed by atoms with Crippen LogP contribution in [-0.4, -0.2) is 22.6 Å². The van der Waals surface area contributed by atoms with Crippen LogP contribution in [0.25, 0.3) is 42.3 Å². The van der Waals surface area contributed by atoms with Gasteiger partial charge in [0.25, 0.3) is 0 Å². The third kappa shape index (κ3) is 3.71. The summed E-state index contributed by atoms with van der Waals surface area (Å²) in [7, 11) is 0. The van der Waals surface area contributed by atoms with E-state index in [2.05, 4.69) is 47.4 Å². The molecule has 0 aliphatic heterocycles. The summed E-state index contributed by atoms with van der Waals surface area (Å²) in [5.74, 6) is -0.811. The summed E-state index contributed by atoms with van der Waals surface area (Å²) in [5.41, 5.74) is 11.1. The average Bonchev–Trinajstić information content (AvgIpc) is 3.31. The second kappa shape index (κ2) is 8.17. The molecular weight excluding hydrogens is 404 g/mol. The molecule has 0 fully saturated rings. The number of benzene rings is 3. The van der Waals surface area contributed by atoms with E-state index in [1.807, 2.05) is 29.5 Å². The van der Waals surface area contributed by atoms with E-state index in [0.717, 1.165) is 47.0 Å². The molecule has 156 valence electrons. The zero-order valence-electron chi connectivity index (χ0n) is 17.2. The number of fused-ring (bicyclic) bond motifs is 4. The smallest absolute Gasteiger partial charge is 0.307 e. The van der Waals surface area contributed by atoms with Gasteiger partial charge in [-0.15, -0.1) is 11.3 Å². The second-order valence-electron chi connectivity index (χ2n) is 7.98. The van der Waals surface area contributed by atoms with E-state index < -0.39 is 5.97 Å². The highest BCUT2D eigenvalue weighted by atomic mass is 32.1. The van der Waals surface area contributed by atoms with Crippen LogP contribution in [0.2, 0.25) is 0 Å². The molecule has 0 amide bonds. The van der Waals surface area contributed by atoms with Gasteiger partial charge in [-0.05, 0) is 72.8 Å². The van der Waals surface area contributed by atoms with E-state index in [1.165, 1.54) is 25.7 Å². The summed E-state index contributed by atoms with van der Waals surface area (Å²) in [6.45, 7) is 0.675. The number of nitrogens with two attached hydrogens (primary N) is 1. The standard InChI is InChI=1S/C26H24N2O2S/c27-12-4-3-6-19-20-13-16(14-25(29)30)8-10-22(20)28-26(19)17-9-11-24-21(15-17)18-5-1-2-7-23(18)31-24/h1-2,5,7-11,13,15,28H,3-4,6,12,14,27H2,(H,29,30). The fourth-order valence-corrected chi connectivity index (χ4v) is 5.50. The van der Waals surface area contributed by atoms with Gasteiger partial charge in [0.15, 0.2) is 0 Å². The Morgan fingerprint density at radius 1 is 0.935 bits per heavy atom. The lowest BCUT2D eigenvalue weighted by atomic mass is 9.98. The summed E-state index contributed by atoms with van der Waals surface area (Å²) in [4.78, 5) is 14.8. The van der Waals surface area contributed by atoms with Crippen LogP contribution < -0.4 is 5.73 Å². The molecule has 0 saturated heterocycles. The number of carbonyl (C=O) groups is 1. The number of aromatic amines is 1. The number of hydrogen-bond donors (Lipinski definition) is 3. The lowest BCUT2D eigenvalue weighted by Crippen LogP contribution is -2.00. The third-order valence-electron chi connectivity index (χ3n) is 5.87. The third-order valence-corrected chi connectivity index (χ3v) is 7.02. The van der Waals surface area contributed by atoms with Gasteiger partial charge >= 0.3 is 5.97 Å². The predicted molar refractivity (Wildman–Crippen MR) is 130 cm³/mol. The number of hydrogen-bond acceptors (Lipinski definition) is 3. The van der Waals surface area contributed by atoms with Gasteiger partial charge in [-0.25, -0.2) is 0 Å². The van der Waals surface area contributed by atoms with Gasteiger partial charge in [0.1, 0.15) is 0 Å². The van der Waals surface area contributed by atoms with Crippen molar-refractivity contribution in [3.8, 4) is 11.3 Å². The highest BCUT2D eigenvalue weighted by molar-refractivity contribution is 7.25. The van der Waals surface area contributed by atoms with Crippen molar-refractivity contribution < 1.29 is 9.90 Å². The molecular formula is C26H24N2O2S. The molecule has 2 heterocycles. The minimum Gasteiger partial charge on any atom is -0.481 e. The van der Waals surface area contributed by atoms with Crippen LogP contribution in [0, 0.1) is 0 Å². The maximum Gasteiger partial charge on any atom is 0.307 e. The maximum atomic E-state index is 11.2. The molecule has 0 radical (unpaired) electrons. The Bertz CT molecular complexity index is 1410. The van der Waals surface area contributed by atoms with E-state index in [9.17, 15) is 9.90 Å². The van der Waals surface area contributed by atoms with Gasteiger partial charge in [-0.1, -0.05) is 30.3 Å². The first kappa shape index (κ1) is 19.8. The Balaban J connectivity index is 1.67. The Hall–Kier alpha value is -3.15. The molecule has 0 bridgehead atoms. The minimum absolute atomic E-state index is 0.0333. The van der Waals surface area contributed by atoms with Crippen molar-refractivity contribution >= 4 is 48.4 Å². The second-order valence-corrected chi connectivity index (χ2v) is 9.07.